The summed E-state index contributed by atoms with van der Waals surface area (Å²) in [7, 11) is 0. The zero-order valence-corrected chi connectivity index (χ0v) is 9.88. The van der Waals surface area contributed by atoms with Crippen LogP contribution >= 0.6 is 11.6 Å². The normalized spacial score (nSPS) is 19.1. The number of Topliss-reactive ketones (excluding diaryl/α,β-unsaturated/α-hetero) is 2. The molecule has 0 spiro atoms. The minimum atomic E-state index is -0.812. The molecule has 0 amide bonds. The first-order chi connectivity index (χ1) is 7.52. The van der Waals surface area contributed by atoms with Gasteiger partial charge in [0.1, 0.15) is 11.6 Å². The third-order valence-electron chi connectivity index (χ3n) is 3.28. The van der Waals surface area contributed by atoms with Crippen molar-refractivity contribution < 1.29 is 9.59 Å². The van der Waals surface area contributed by atoms with Gasteiger partial charge in [-0.3, -0.25) is 9.59 Å². The van der Waals surface area contributed by atoms with E-state index in [1.54, 1.807) is 19.1 Å². The van der Waals surface area contributed by atoms with E-state index in [0.717, 1.165) is 5.56 Å². The molecule has 0 atom stereocenters. The highest BCUT2D eigenvalue weighted by molar-refractivity contribution is 6.30. The zero-order chi connectivity index (χ0) is 11.8. The molecule has 0 N–H and O–H groups in total. The Morgan fingerprint density at radius 2 is 1.62 bits per heavy atom. The molecule has 0 saturated heterocycles. The quantitative estimate of drug-likeness (QED) is 0.740. The summed E-state index contributed by atoms with van der Waals surface area (Å²) in [5.74, 6) is 0.125. The van der Waals surface area contributed by atoms with Gasteiger partial charge in [-0.25, -0.2) is 0 Å². The predicted octanol–water partition coefficient (Wildman–Crippen LogP) is 2.82. The van der Waals surface area contributed by atoms with Gasteiger partial charge in [0.25, 0.3) is 0 Å². The Hall–Kier alpha value is -1.15. The van der Waals surface area contributed by atoms with Crippen LogP contribution in [0.4, 0.5) is 0 Å². The average Bonchev–Trinajstić information content (AvgIpc) is 2.50. The van der Waals surface area contributed by atoms with Gasteiger partial charge in [0, 0.05) is 17.9 Å². The van der Waals surface area contributed by atoms with E-state index in [1.807, 2.05) is 12.1 Å². The van der Waals surface area contributed by atoms with Crippen molar-refractivity contribution in [3.05, 3.63) is 34.9 Å². The van der Waals surface area contributed by atoms with Gasteiger partial charge in [0.2, 0.25) is 0 Å². The summed E-state index contributed by atoms with van der Waals surface area (Å²) in [5, 5.41) is 0.665. The number of carbonyl (C=O) groups is 2. The van der Waals surface area contributed by atoms with Crippen LogP contribution in [0.25, 0.3) is 0 Å². The van der Waals surface area contributed by atoms with Crippen LogP contribution in [-0.4, -0.2) is 11.6 Å². The maximum Gasteiger partial charge on any atom is 0.146 e. The third-order valence-corrected chi connectivity index (χ3v) is 3.53. The van der Waals surface area contributed by atoms with E-state index in [0.29, 0.717) is 24.3 Å². The van der Waals surface area contributed by atoms with E-state index < -0.39 is 5.41 Å². The molecule has 0 aromatic heterocycles. The molecule has 1 aromatic rings. The summed E-state index contributed by atoms with van der Waals surface area (Å²) in [6.07, 6.45) is 1.27. The predicted molar refractivity (Wildman–Crippen MR) is 62.5 cm³/mol. The maximum atomic E-state index is 11.7. The molecule has 0 bridgehead atoms. The third kappa shape index (κ3) is 1.90. The lowest BCUT2D eigenvalue weighted by molar-refractivity contribution is -0.133. The number of benzene rings is 1. The van der Waals surface area contributed by atoms with E-state index in [4.69, 9.17) is 11.6 Å². The van der Waals surface area contributed by atoms with Crippen LogP contribution in [0.1, 0.15) is 25.3 Å². The molecule has 84 valence electrons. The van der Waals surface area contributed by atoms with Gasteiger partial charge >= 0.3 is 0 Å². The average molecular weight is 237 g/mol. The number of ketones is 2. The van der Waals surface area contributed by atoms with Crippen molar-refractivity contribution in [2.75, 3.05) is 0 Å². The molecule has 1 saturated carbocycles. The van der Waals surface area contributed by atoms with Gasteiger partial charge in [-0.15, -0.1) is 0 Å². The topological polar surface area (TPSA) is 34.1 Å². The number of hydrogen-bond donors (Lipinski definition) is 0. The van der Waals surface area contributed by atoms with Crippen LogP contribution in [0, 0.1) is 5.41 Å². The Balaban J connectivity index is 2.23. The van der Waals surface area contributed by atoms with Crippen LogP contribution in [0.3, 0.4) is 0 Å². The summed E-state index contributed by atoms with van der Waals surface area (Å²) in [5.41, 5.74) is 0.170. The molecule has 1 aliphatic carbocycles. The maximum absolute atomic E-state index is 11.7. The van der Waals surface area contributed by atoms with Crippen LogP contribution in [0.2, 0.25) is 5.02 Å². The molecule has 0 aliphatic heterocycles. The van der Waals surface area contributed by atoms with Gasteiger partial charge in [0.05, 0.1) is 5.41 Å². The van der Waals surface area contributed by atoms with Crippen LogP contribution in [-0.2, 0) is 16.0 Å². The van der Waals surface area contributed by atoms with E-state index in [1.165, 1.54) is 0 Å². The molecule has 1 aliphatic rings. The van der Waals surface area contributed by atoms with Gasteiger partial charge in [-0.2, -0.15) is 0 Å². The van der Waals surface area contributed by atoms with Gasteiger partial charge in [-0.1, -0.05) is 23.7 Å². The molecule has 2 nitrogen and oxygen atoms in total. The molecule has 1 aromatic carbocycles. The van der Waals surface area contributed by atoms with E-state index in [9.17, 15) is 9.59 Å². The van der Waals surface area contributed by atoms with Crippen molar-refractivity contribution in [3.8, 4) is 0 Å². The lowest BCUT2D eigenvalue weighted by Gasteiger charge is -2.20. The van der Waals surface area contributed by atoms with Crippen molar-refractivity contribution in [1.29, 1.82) is 0 Å². The van der Waals surface area contributed by atoms with Crippen molar-refractivity contribution in [2.45, 2.75) is 26.2 Å². The Morgan fingerprint density at radius 1 is 1.12 bits per heavy atom. The first-order valence-electron chi connectivity index (χ1n) is 5.33. The summed E-state index contributed by atoms with van der Waals surface area (Å²) < 4.78 is 0. The van der Waals surface area contributed by atoms with Gasteiger partial charge in [-0.05, 0) is 31.0 Å². The number of rotatable bonds is 2. The van der Waals surface area contributed by atoms with Gasteiger partial charge in [0.15, 0.2) is 0 Å². The molecular formula is C13H13ClO2. The van der Waals surface area contributed by atoms with E-state index in [2.05, 4.69) is 0 Å². The van der Waals surface area contributed by atoms with Crippen molar-refractivity contribution in [2.24, 2.45) is 5.41 Å². The number of carbonyl (C=O) groups excluding carboxylic acids is 2. The lowest BCUT2D eigenvalue weighted by Crippen LogP contribution is -2.31. The summed E-state index contributed by atoms with van der Waals surface area (Å²) in [4.78, 5) is 23.5. The zero-order valence-electron chi connectivity index (χ0n) is 9.13. The largest absolute Gasteiger partial charge is 0.299 e. The number of hydrogen-bond acceptors (Lipinski definition) is 2. The van der Waals surface area contributed by atoms with Crippen molar-refractivity contribution in [3.63, 3.8) is 0 Å². The van der Waals surface area contributed by atoms with Gasteiger partial charge < -0.3 is 0 Å². The fourth-order valence-electron chi connectivity index (χ4n) is 2.14. The second-order valence-electron chi connectivity index (χ2n) is 4.48. The molecular weight excluding hydrogens is 224 g/mol. The second kappa shape index (κ2) is 4.02. The Morgan fingerprint density at radius 3 is 2.12 bits per heavy atom. The van der Waals surface area contributed by atoms with E-state index >= 15 is 0 Å². The molecule has 0 heterocycles. The highest BCUT2D eigenvalue weighted by Crippen LogP contribution is 2.34. The first-order valence-corrected chi connectivity index (χ1v) is 5.71. The Labute approximate surface area is 99.6 Å². The SMILES string of the molecule is CC1(Cc2ccc(Cl)cc2)C(=O)CCC1=O. The highest BCUT2D eigenvalue weighted by atomic mass is 35.5. The van der Waals surface area contributed by atoms with E-state index in [-0.39, 0.29) is 11.6 Å². The Bertz CT molecular complexity index is 418. The highest BCUT2D eigenvalue weighted by Gasteiger charge is 2.44. The minimum absolute atomic E-state index is 0.0625. The standard InChI is InChI=1S/C13H13ClO2/c1-13(11(15)6-7-12(13)16)8-9-2-4-10(14)5-3-9/h2-5H,6-8H2,1H3. The molecule has 0 unspecified atom stereocenters. The molecule has 3 heteroatoms. The fraction of sp³-hybridized carbons (Fsp3) is 0.385. The Kier molecular flexibility index (Phi) is 2.85. The van der Waals surface area contributed by atoms with Crippen LogP contribution in [0.15, 0.2) is 24.3 Å². The monoisotopic (exact) mass is 236 g/mol. The van der Waals surface area contributed by atoms with Crippen LogP contribution in [0.5, 0.6) is 0 Å². The molecule has 2 rings (SSSR count). The number of halogens is 1. The summed E-state index contributed by atoms with van der Waals surface area (Å²) in [6.45, 7) is 1.75. The summed E-state index contributed by atoms with van der Waals surface area (Å²) >= 11 is 5.79. The molecule has 0 radical (unpaired) electrons. The smallest absolute Gasteiger partial charge is 0.146 e. The second-order valence-corrected chi connectivity index (χ2v) is 4.92. The van der Waals surface area contributed by atoms with Crippen LogP contribution < -0.4 is 0 Å². The molecule has 1 fully saturated rings. The lowest BCUT2D eigenvalue weighted by atomic mass is 9.80. The molecule has 16 heavy (non-hydrogen) atoms. The van der Waals surface area contributed by atoms with Crippen molar-refractivity contribution in [1.82, 2.24) is 0 Å². The van der Waals surface area contributed by atoms with Crippen molar-refractivity contribution >= 4 is 23.2 Å². The first kappa shape index (κ1) is 11.3. The minimum Gasteiger partial charge on any atom is -0.299 e. The summed E-state index contributed by atoms with van der Waals surface area (Å²) in [6, 6.07) is 7.30. The fourth-order valence-corrected chi connectivity index (χ4v) is 2.27.